The zero-order valence-electron chi connectivity index (χ0n) is 23.0. The Balaban J connectivity index is 1.89. The van der Waals surface area contributed by atoms with Gasteiger partial charge in [0.25, 0.3) is 0 Å². The van der Waals surface area contributed by atoms with Gasteiger partial charge in [0.05, 0.1) is 6.61 Å². The van der Waals surface area contributed by atoms with E-state index < -0.39 is 0 Å². The molecule has 35 heavy (non-hydrogen) atoms. The smallest absolute Gasteiger partial charge is 0.311 e. The highest BCUT2D eigenvalue weighted by Crippen LogP contribution is 2.26. The van der Waals surface area contributed by atoms with Gasteiger partial charge in [-0.15, -0.1) is 0 Å². The van der Waals surface area contributed by atoms with Gasteiger partial charge in [-0.05, 0) is 36.8 Å². The maximum atomic E-state index is 12.1. The molecule has 0 N–H and O–H groups in total. The number of ether oxygens (including phenoxy) is 2. The lowest BCUT2D eigenvalue weighted by atomic mass is 10.0. The maximum Gasteiger partial charge on any atom is 0.311 e. The van der Waals surface area contributed by atoms with Crippen LogP contribution in [0.1, 0.15) is 148 Å². The van der Waals surface area contributed by atoms with Gasteiger partial charge in [0, 0.05) is 12.8 Å². The molecular weight excluding hydrogens is 436 g/mol. The number of para-hydroxylation sites is 1. The second kappa shape index (κ2) is 21.4. The first-order valence-corrected chi connectivity index (χ1v) is 14.5. The summed E-state index contributed by atoms with van der Waals surface area (Å²) in [5.74, 6) is 0.817. The first-order valence-electron chi connectivity index (χ1n) is 14.5. The second-order valence-electron chi connectivity index (χ2n) is 10.2. The van der Waals surface area contributed by atoms with Crippen LogP contribution >= 0.6 is 0 Å². The molecule has 0 saturated carbocycles. The van der Waals surface area contributed by atoms with Crippen LogP contribution in [0.15, 0.2) is 24.3 Å². The molecule has 0 atom stereocenters. The topological polar surface area (TPSA) is 52.6 Å². The lowest BCUT2D eigenvalue weighted by Gasteiger charge is -2.12. The van der Waals surface area contributed by atoms with Crippen LogP contribution in [0.4, 0.5) is 0 Å². The van der Waals surface area contributed by atoms with Crippen molar-refractivity contribution in [3.8, 4) is 5.75 Å². The molecule has 0 bridgehead atoms. The van der Waals surface area contributed by atoms with Crippen molar-refractivity contribution >= 4 is 11.9 Å². The summed E-state index contributed by atoms with van der Waals surface area (Å²) in [4.78, 5) is 24.0. The van der Waals surface area contributed by atoms with Crippen LogP contribution in [0.5, 0.6) is 5.75 Å². The third-order valence-corrected chi connectivity index (χ3v) is 6.54. The zero-order chi connectivity index (χ0) is 25.6. The Bertz CT molecular complexity index is 668. The van der Waals surface area contributed by atoms with Crippen LogP contribution in [0.25, 0.3) is 0 Å². The van der Waals surface area contributed by atoms with E-state index in [4.69, 9.17) is 9.47 Å². The summed E-state index contributed by atoms with van der Waals surface area (Å²) >= 11 is 0. The molecule has 0 amide bonds. The summed E-state index contributed by atoms with van der Waals surface area (Å²) in [6.07, 6.45) is 19.9. The molecule has 0 aliphatic carbocycles. The highest BCUT2D eigenvalue weighted by atomic mass is 16.5. The van der Waals surface area contributed by atoms with Gasteiger partial charge < -0.3 is 9.47 Å². The lowest BCUT2D eigenvalue weighted by molar-refractivity contribution is -0.144. The van der Waals surface area contributed by atoms with Crippen LogP contribution < -0.4 is 4.74 Å². The first-order chi connectivity index (χ1) is 17.0. The number of carbonyl (C=O) groups is 2. The Morgan fingerprint density at radius 3 is 1.71 bits per heavy atom. The van der Waals surface area contributed by atoms with Gasteiger partial charge in [-0.1, -0.05) is 122 Å². The summed E-state index contributed by atoms with van der Waals surface area (Å²) in [6, 6.07) is 7.77. The van der Waals surface area contributed by atoms with E-state index in [2.05, 4.69) is 20.8 Å². The molecule has 0 aliphatic heterocycles. The average molecular weight is 489 g/mol. The summed E-state index contributed by atoms with van der Waals surface area (Å²) in [6.45, 7) is 7.04. The van der Waals surface area contributed by atoms with Gasteiger partial charge >= 0.3 is 11.9 Å². The molecular formula is C31H52O4. The van der Waals surface area contributed by atoms with Crippen LogP contribution in [0.3, 0.4) is 0 Å². The van der Waals surface area contributed by atoms with Crippen molar-refractivity contribution in [2.45, 2.75) is 142 Å². The summed E-state index contributed by atoms with van der Waals surface area (Å²) in [5.41, 5.74) is 1.07. The highest BCUT2D eigenvalue weighted by Gasteiger charge is 2.11. The summed E-state index contributed by atoms with van der Waals surface area (Å²) in [5, 5.41) is 0. The third-order valence-electron chi connectivity index (χ3n) is 6.54. The average Bonchev–Trinajstić information content (AvgIpc) is 2.84. The SMILES string of the molecule is CCCCCCCCCCCCOC(=O)CCCCCCCCC(=O)Oc1ccccc1C(C)C. The molecule has 1 aromatic rings. The van der Waals surface area contributed by atoms with E-state index in [1.807, 2.05) is 24.3 Å². The monoisotopic (exact) mass is 488 g/mol. The second-order valence-corrected chi connectivity index (χ2v) is 10.2. The fourth-order valence-corrected chi connectivity index (χ4v) is 4.32. The third kappa shape index (κ3) is 17.3. The Kier molecular flexibility index (Phi) is 19.1. The fraction of sp³-hybridized carbons (Fsp3) is 0.742. The van der Waals surface area contributed by atoms with Crippen molar-refractivity contribution in [2.75, 3.05) is 6.61 Å². The molecule has 0 fully saturated rings. The van der Waals surface area contributed by atoms with E-state index >= 15 is 0 Å². The van der Waals surface area contributed by atoms with Crippen molar-refractivity contribution in [1.82, 2.24) is 0 Å². The molecule has 0 aliphatic rings. The van der Waals surface area contributed by atoms with Gasteiger partial charge in [0.1, 0.15) is 5.75 Å². The molecule has 0 saturated heterocycles. The number of esters is 2. The van der Waals surface area contributed by atoms with E-state index in [0.717, 1.165) is 50.5 Å². The van der Waals surface area contributed by atoms with Gasteiger partial charge in [-0.25, -0.2) is 0 Å². The van der Waals surface area contributed by atoms with Crippen LogP contribution in [0.2, 0.25) is 0 Å². The first kappa shape index (κ1) is 31.2. The minimum atomic E-state index is -0.150. The molecule has 200 valence electrons. The standard InChI is InChI=1S/C31H52O4/c1-4-5-6-7-8-9-10-13-16-21-26-34-30(32)24-17-14-11-12-15-18-25-31(33)35-29-23-20-19-22-28(29)27(2)3/h19-20,22-23,27H,4-18,21,24-26H2,1-3H3. The van der Waals surface area contributed by atoms with Gasteiger partial charge in [-0.3, -0.25) is 9.59 Å². The summed E-state index contributed by atoms with van der Waals surface area (Å²) < 4.78 is 10.9. The van der Waals surface area contributed by atoms with Gasteiger partial charge in [-0.2, -0.15) is 0 Å². The van der Waals surface area contributed by atoms with E-state index in [1.54, 1.807) is 0 Å². The molecule has 1 rings (SSSR count). The van der Waals surface area contributed by atoms with Gasteiger partial charge in [0.2, 0.25) is 0 Å². The highest BCUT2D eigenvalue weighted by molar-refractivity contribution is 5.72. The van der Waals surface area contributed by atoms with Crippen molar-refractivity contribution in [3.63, 3.8) is 0 Å². The fourth-order valence-electron chi connectivity index (χ4n) is 4.32. The van der Waals surface area contributed by atoms with Crippen LogP contribution in [0, 0.1) is 0 Å². The lowest BCUT2D eigenvalue weighted by Crippen LogP contribution is -2.09. The molecule has 4 heteroatoms. The molecule has 1 aromatic carbocycles. The Hall–Kier alpha value is -1.84. The number of hydrogen-bond acceptors (Lipinski definition) is 4. The number of carbonyl (C=O) groups excluding carboxylic acids is 2. The van der Waals surface area contributed by atoms with Crippen molar-refractivity contribution < 1.29 is 19.1 Å². The molecule has 0 radical (unpaired) electrons. The molecule has 4 nitrogen and oxygen atoms in total. The molecule has 0 aromatic heterocycles. The molecule has 0 heterocycles. The van der Waals surface area contributed by atoms with Crippen LogP contribution in [-0.4, -0.2) is 18.5 Å². The quantitative estimate of drug-likeness (QED) is 0.0926. The van der Waals surface area contributed by atoms with Crippen molar-refractivity contribution in [1.29, 1.82) is 0 Å². The summed E-state index contributed by atoms with van der Waals surface area (Å²) in [7, 11) is 0. The van der Waals surface area contributed by atoms with Crippen LogP contribution in [-0.2, 0) is 14.3 Å². The van der Waals surface area contributed by atoms with Gasteiger partial charge in [0.15, 0.2) is 0 Å². The zero-order valence-corrected chi connectivity index (χ0v) is 23.0. The van der Waals surface area contributed by atoms with E-state index in [9.17, 15) is 9.59 Å². The largest absolute Gasteiger partial charge is 0.466 e. The number of rotatable bonds is 22. The number of unbranched alkanes of at least 4 members (excludes halogenated alkanes) is 14. The van der Waals surface area contributed by atoms with E-state index in [1.165, 1.54) is 57.8 Å². The Morgan fingerprint density at radius 1 is 0.657 bits per heavy atom. The Labute approximate surface area is 215 Å². The predicted molar refractivity (Wildman–Crippen MR) is 146 cm³/mol. The number of benzene rings is 1. The normalized spacial score (nSPS) is 11.1. The minimum absolute atomic E-state index is 0.0506. The van der Waals surface area contributed by atoms with Crippen molar-refractivity contribution in [2.24, 2.45) is 0 Å². The molecule has 0 unspecified atom stereocenters. The van der Waals surface area contributed by atoms with E-state index in [0.29, 0.717) is 31.1 Å². The molecule has 0 spiro atoms. The number of hydrogen-bond donors (Lipinski definition) is 0. The Morgan fingerprint density at radius 2 is 1.14 bits per heavy atom. The van der Waals surface area contributed by atoms with Crippen molar-refractivity contribution in [3.05, 3.63) is 29.8 Å². The predicted octanol–water partition coefficient (Wildman–Crippen LogP) is 9.30. The van der Waals surface area contributed by atoms with E-state index in [-0.39, 0.29) is 11.9 Å². The maximum absolute atomic E-state index is 12.1. The minimum Gasteiger partial charge on any atom is -0.466 e.